The van der Waals surface area contributed by atoms with Crippen LogP contribution in [0.3, 0.4) is 0 Å². The summed E-state index contributed by atoms with van der Waals surface area (Å²) in [5.41, 5.74) is 0.501. The number of amides is 1. The van der Waals surface area contributed by atoms with Gasteiger partial charge in [-0.25, -0.2) is 0 Å². The van der Waals surface area contributed by atoms with Crippen LogP contribution in [0.2, 0.25) is 0 Å². The number of nitrogens with one attached hydrogen (secondary N) is 1. The molecule has 1 aliphatic carbocycles. The highest BCUT2D eigenvalue weighted by Crippen LogP contribution is 2.43. The fourth-order valence-corrected chi connectivity index (χ4v) is 4.79. The first kappa shape index (κ1) is 18.1. The van der Waals surface area contributed by atoms with Crippen molar-refractivity contribution in [2.45, 2.75) is 70.6 Å². The second-order valence-electron chi connectivity index (χ2n) is 7.71. The number of likely N-dealkylation sites (tertiary alicyclic amines) is 1. The van der Waals surface area contributed by atoms with Gasteiger partial charge < -0.3 is 10.2 Å². The number of halogens is 1. The molecule has 0 unspecified atom stereocenters. The fraction of sp³-hybridized carbons (Fsp3) is 0.944. The van der Waals surface area contributed by atoms with Crippen LogP contribution in [0.25, 0.3) is 0 Å². The minimum atomic E-state index is 0. The summed E-state index contributed by atoms with van der Waals surface area (Å²) >= 11 is 0. The number of carbonyl (C=O) groups is 1. The zero-order valence-electron chi connectivity index (χ0n) is 13.9. The minimum absolute atomic E-state index is 0. The van der Waals surface area contributed by atoms with E-state index in [2.05, 4.69) is 10.2 Å². The summed E-state index contributed by atoms with van der Waals surface area (Å²) in [5, 5.41) is 3.41. The van der Waals surface area contributed by atoms with Gasteiger partial charge in [-0.2, -0.15) is 0 Å². The second kappa shape index (κ2) is 8.54. The van der Waals surface area contributed by atoms with Gasteiger partial charge >= 0.3 is 0 Å². The van der Waals surface area contributed by atoms with Crippen LogP contribution in [0.5, 0.6) is 0 Å². The zero-order valence-corrected chi connectivity index (χ0v) is 14.8. The predicted octanol–water partition coefficient (Wildman–Crippen LogP) is 3.76. The topological polar surface area (TPSA) is 32.3 Å². The normalized spacial score (nSPS) is 25.7. The third-order valence-electron chi connectivity index (χ3n) is 6.15. The zero-order chi connectivity index (χ0) is 14.5. The Morgan fingerprint density at radius 2 is 1.73 bits per heavy atom. The molecule has 3 fully saturated rings. The lowest BCUT2D eigenvalue weighted by Crippen LogP contribution is -2.47. The van der Waals surface area contributed by atoms with E-state index in [1.807, 2.05) is 0 Å². The van der Waals surface area contributed by atoms with Crippen molar-refractivity contribution in [2.75, 3.05) is 26.2 Å². The van der Waals surface area contributed by atoms with E-state index in [9.17, 15) is 4.79 Å². The summed E-state index contributed by atoms with van der Waals surface area (Å²) < 4.78 is 0. The first-order valence-electron chi connectivity index (χ1n) is 9.26. The van der Waals surface area contributed by atoms with Crippen molar-refractivity contribution in [1.82, 2.24) is 10.2 Å². The van der Waals surface area contributed by atoms with Gasteiger partial charge in [-0.3, -0.25) is 4.79 Å². The third kappa shape index (κ3) is 4.61. The Bertz CT molecular complexity index is 343. The Labute approximate surface area is 142 Å². The Morgan fingerprint density at radius 1 is 1.05 bits per heavy atom. The molecule has 3 rings (SSSR count). The third-order valence-corrected chi connectivity index (χ3v) is 6.15. The van der Waals surface area contributed by atoms with E-state index in [1.54, 1.807) is 0 Å². The summed E-state index contributed by atoms with van der Waals surface area (Å²) in [7, 11) is 0. The van der Waals surface area contributed by atoms with E-state index in [0.717, 1.165) is 44.9 Å². The van der Waals surface area contributed by atoms with E-state index >= 15 is 0 Å². The lowest BCUT2D eigenvalue weighted by atomic mass is 9.69. The Hall–Kier alpha value is -0.280. The maximum absolute atomic E-state index is 12.6. The monoisotopic (exact) mass is 328 g/mol. The quantitative estimate of drug-likeness (QED) is 0.855. The number of carbonyl (C=O) groups excluding carboxylic acids is 1. The minimum Gasteiger partial charge on any atom is -0.342 e. The fourth-order valence-electron chi connectivity index (χ4n) is 4.79. The maximum atomic E-state index is 12.6. The molecule has 1 saturated carbocycles. The van der Waals surface area contributed by atoms with Crippen molar-refractivity contribution in [3.8, 4) is 0 Å². The first-order chi connectivity index (χ1) is 10.3. The van der Waals surface area contributed by atoms with Crippen molar-refractivity contribution in [2.24, 2.45) is 11.3 Å². The molecule has 2 saturated heterocycles. The highest BCUT2D eigenvalue weighted by Gasteiger charge is 2.37. The van der Waals surface area contributed by atoms with E-state index in [4.69, 9.17) is 0 Å². The lowest BCUT2D eigenvalue weighted by molar-refractivity contribution is -0.135. The van der Waals surface area contributed by atoms with Gasteiger partial charge in [0.15, 0.2) is 0 Å². The Kier molecular flexibility index (Phi) is 7.01. The van der Waals surface area contributed by atoms with Crippen LogP contribution in [0, 0.1) is 11.3 Å². The maximum Gasteiger partial charge on any atom is 0.222 e. The molecule has 2 aliphatic heterocycles. The Morgan fingerprint density at radius 3 is 2.45 bits per heavy atom. The summed E-state index contributed by atoms with van der Waals surface area (Å²) in [6, 6.07) is 0. The van der Waals surface area contributed by atoms with Crippen LogP contribution in [0.1, 0.15) is 70.6 Å². The average molecular weight is 329 g/mol. The highest BCUT2D eigenvalue weighted by atomic mass is 35.5. The molecule has 1 amide bonds. The van der Waals surface area contributed by atoms with Crippen LogP contribution >= 0.6 is 12.4 Å². The molecule has 1 spiro atoms. The molecule has 3 aliphatic rings. The van der Waals surface area contributed by atoms with Crippen molar-refractivity contribution in [3.05, 3.63) is 0 Å². The van der Waals surface area contributed by atoms with Crippen LogP contribution < -0.4 is 5.32 Å². The SMILES string of the molecule is Cl.O=C(CCC1CCNCC1)N1CCCC2(CCCCC2)C1. The van der Waals surface area contributed by atoms with E-state index in [-0.39, 0.29) is 12.4 Å². The molecule has 0 radical (unpaired) electrons. The standard InChI is InChI=1S/C18H32N2O.ClH/c21-17(6-5-16-7-12-19-13-8-16)20-14-4-11-18(15-20)9-2-1-3-10-18;/h16,19H,1-15H2;1H. The molecule has 2 heterocycles. The lowest BCUT2D eigenvalue weighted by Gasteiger charge is -2.45. The highest BCUT2D eigenvalue weighted by molar-refractivity contribution is 5.85. The molecular weight excluding hydrogens is 296 g/mol. The van der Waals surface area contributed by atoms with Gasteiger partial charge in [0.1, 0.15) is 0 Å². The van der Waals surface area contributed by atoms with E-state index in [1.165, 1.54) is 57.8 Å². The summed E-state index contributed by atoms with van der Waals surface area (Å²) in [6.45, 7) is 4.38. The summed E-state index contributed by atoms with van der Waals surface area (Å²) in [6.07, 6.45) is 13.9. The molecule has 1 N–H and O–H groups in total. The van der Waals surface area contributed by atoms with Crippen LogP contribution in [0.15, 0.2) is 0 Å². The van der Waals surface area contributed by atoms with Crippen LogP contribution in [-0.2, 0) is 4.79 Å². The molecule has 0 aromatic carbocycles. The molecule has 0 atom stereocenters. The molecular formula is C18H33ClN2O. The van der Waals surface area contributed by atoms with Crippen molar-refractivity contribution >= 4 is 18.3 Å². The Balaban J connectivity index is 0.00000176. The number of hydrogen-bond acceptors (Lipinski definition) is 2. The van der Waals surface area contributed by atoms with Gasteiger partial charge in [0.25, 0.3) is 0 Å². The smallest absolute Gasteiger partial charge is 0.222 e. The van der Waals surface area contributed by atoms with Gasteiger partial charge in [-0.1, -0.05) is 19.3 Å². The molecule has 0 bridgehead atoms. The van der Waals surface area contributed by atoms with E-state index < -0.39 is 0 Å². The molecule has 4 heteroatoms. The number of hydrogen-bond donors (Lipinski definition) is 1. The molecule has 0 aromatic rings. The molecule has 3 nitrogen and oxygen atoms in total. The van der Waals surface area contributed by atoms with Crippen molar-refractivity contribution in [1.29, 1.82) is 0 Å². The van der Waals surface area contributed by atoms with E-state index in [0.29, 0.717) is 11.3 Å². The van der Waals surface area contributed by atoms with Gasteiger partial charge in [0, 0.05) is 19.5 Å². The van der Waals surface area contributed by atoms with Gasteiger partial charge in [0.2, 0.25) is 5.91 Å². The van der Waals surface area contributed by atoms with Crippen molar-refractivity contribution < 1.29 is 4.79 Å². The first-order valence-corrected chi connectivity index (χ1v) is 9.26. The summed E-state index contributed by atoms with van der Waals surface area (Å²) in [5.74, 6) is 1.22. The molecule has 22 heavy (non-hydrogen) atoms. The molecule has 0 aromatic heterocycles. The number of piperidine rings is 2. The second-order valence-corrected chi connectivity index (χ2v) is 7.71. The van der Waals surface area contributed by atoms with Gasteiger partial charge in [-0.05, 0) is 69.4 Å². The van der Waals surface area contributed by atoms with Crippen molar-refractivity contribution in [3.63, 3.8) is 0 Å². The van der Waals surface area contributed by atoms with Gasteiger partial charge in [-0.15, -0.1) is 12.4 Å². The largest absolute Gasteiger partial charge is 0.342 e. The van der Waals surface area contributed by atoms with Gasteiger partial charge in [0.05, 0.1) is 0 Å². The number of rotatable bonds is 3. The molecule has 128 valence electrons. The summed E-state index contributed by atoms with van der Waals surface area (Å²) in [4.78, 5) is 14.8. The number of nitrogens with zero attached hydrogens (tertiary/aromatic N) is 1. The van der Waals surface area contributed by atoms with Crippen LogP contribution in [-0.4, -0.2) is 37.0 Å². The average Bonchev–Trinajstić information content (AvgIpc) is 2.54. The van der Waals surface area contributed by atoms with Crippen LogP contribution in [0.4, 0.5) is 0 Å². The predicted molar refractivity (Wildman–Crippen MR) is 93.4 cm³/mol.